The average Bonchev–Trinajstić information content (AvgIpc) is 3.45. The van der Waals surface area contributed by atoms with Gasteiger partial charge in [-0.2, -0.15) is 0 Å². The van der Waals surface area contributed by atoms with Crippen LogP contribution in [0.5, 0.6) is 0 Å². The van der Waals surface area contributed by atoms with Crippen molar-refractivity contribution in [3.8, 4) is 0 Å². The van der Waals surface area contributed by atoms with Crippen LogP contribution in [0.3, 0.4) is 0 Å². The van der Waals surface area contributed by atoms with Gasteiger partial charge in [-0.3, -0.25) is 4.79 Å². The Labute approximate surface area is 322 Å². The lowest BCUT2D eigenvalue weighted by molar-refractivity contribution is -0.230. The quantitative estimate of drug-likeness (QED) is 0.0662. The Kier molecular flexibility index (Phi) is 15.9. The summed E-state index contributed by atoms with van der Waals surface area (Å²) in [6.07, 6.45) is 30.6. The number of carbonyl (C=O) groups excluding carboxylic acids is 1. The number of carbonyl (C=O) groups is 1. The van der Waals surface area contributed by atoms with Gasteiger partial charge in [-0.15, -0.1) is 0 Å². The first-order valence-electron chi connectivity index (χ1n) is 22.8. The molecule has 4 nitrogen and oxygen atoms in total. The molecule has 0 amide bonds. The van der Waals surface area contributed by atoms with Crippen LogP contribution in [0, 0.1) is 45.3 Å². The number of hydrogen-bond acceptors (Lipinski definition) is 4. The number of esters is 1. The second-order valence-electron chi connectivity index (χ2n) is 20.6. The molecule has 0 radical (unpaired) electrons. The number of aliphatic hydroxyl groups is 2. The van der Waals surface area contributed by atoms with Gasteiger partial charge in [0.05, 0.1) is 11.7 Å². The highest BCUT2D eigenvalue weighted by Gasteiger charge is 2.69. The molecule has 4 aliphatic carbocycles. The molecule has 4 saturated carbocycles. The Bertz CT molecular complexity index is 1130. The van der Waals surface area contributed by atoms with Crippen molar-refractivity contribution >= 4 is 5.97 Å². The van der Waals surface area contributed by atoms with Gasteiger partial charge in [-0.05, 0) is 124 Å². The number of ether oxygens (including phenoxy) is 1. The number of fused-ring (bicyclic) bond motifs is 5. The largest absolute Gasteiger partial charge is 0.462 e. The lowest BCUT2D eigenvalue weighted by Crippen LogP contribution is -2.64. The predicted octanol–water partition coefficient (Wildman–Crippen LogP) is 13.3. The molecule has 2 N–H and O–H groups in total. The molecule has 4 fully saturated rings. The lowest BCUT2D eigenvalue weighted by atomic mass is 9.35. The third kappa shape index (κ3) is 9.73. The first-order chi connectivity index (χ1) is 24.5. The monoisotopic (exact) mass is 727 g/mol. The van der Waals surface area contributed by atoms with E-state index in [1.807, 2.05) is 13.8 Å². The summed E-state index contributed by atoms with van der Waals surface area (Å²) >= 11 is 0. The molecule has 0 spiro atoms. The topological polar surface area (TPSA) is 66.8 Å². The first kappa shape index (κ1) is 43.9. The van der Waals surface area contributed by atoms with Gasteiger partial charge in [-0.1, -0.05) is 144 Å². The molecule has 0 bridgehead atoms. The van der Waals surface area contributed by atoms with Crippen LogP contribution in [0.2, 0.25) is 0 Å². The fourth-order valence-corrected chi connectivity index (χ4v) is 13.4. The van der Waals surface area contributed by atoms with Crippen LogP contribution in [0.1, 0.15) is 222 Å². The molecule has 302 valence electrons. The molecule has 4 aliphatic rings. The fraction of sp³-hybridized carbons (Fsp3) is 0.938. The zero-order valence-corrected chi connectivity index (χ0v) is 35.8. The van der Waals surface area contributed by atoms with Gasteiger partial charge in [0, 0.05) is 11.8 Å². The summed E-state index contributed by atoms with van der Waals surface area (Å²) < 4.78 is 6.39. The third-order valence-corrected chi connectivity index (χ3v) is 16.9. The lowest BCUT2D eigenvalue weighted by Gasteiger charge is -2.70. The summed E-state index contributed by atoms with van der Waals surface area (Å²) in [5.74, 6) is 2.06. The molecule has 0 unspecified atom stereocenters. The molecule has 0 heterocycles. The van der Waals surface area contributed by atoms with Gasteiger partial charge in [0.15, 0.2) is 0 Å². The molecule has 4 heteroatoms. The molecule has 4 rings (SSSR count). The third-order valence-electron chi connectivity index (χ3n) is 16.9. The van der Waals surface area contributed by atoms with Gasteiger partial charge in [-0.25, -0.2) is 0 Å². The summed E-state index contributed by atoms with van der Waals surface area (Å²) in [5, 5.41) is 22.3. The maximum absolute atomic E-state index is 13.2. The molecular weight excluding hydrogens is 641 g/mol. The van der Waals surface area contributed by atoms with Gasteiger partial charge < -0.3 is 14.9 Å². The van der Waals surface area contributed by atoms with E-state index in [-0.39, 0.29) is 39.7 Å². The van der Waals surface area contributed by atoms with Crippen LogP contribution < -0.4 is 0 Å². The van der Waals surface area contributed by atoms with Crippen LogP contribution in [-0.4, -0.2) is 34.0 Å². The Morgan fingerprint density at radius 3 is 1.85 bits per heavy atom. The minimum atomic E-state index is -0.764. The molecule has 10 atom stereocenters. The maximum Gasteiger partial charge on any atom is 0.306 e. The highest BCUT2D eigenvalue weighted by molar-refractivity contribution is 5.69. The summed E-state index contributed by atoms with van der Waals surface area (Å²) in [4.78, 5) is 13.2. The number of rotatable bonds is 22. The van der Waals surface area contributed by atoms with Crippen LogP contribution in [0.4, 0.5) is 0 Å². The molecule has 52 heavy (non-hydrogen) atoms. The smallest absolute Gasteiger partial charge is 0.306 e. The predicted molar refractivity (Wildman–Crippen MR) is 219 cm³/mol. The van der Waals surface area contributed by atoms with Crippen LogP contribution >= 0.6 is 0 Å². The Balaban J connectivity index is 1.21. The summed E-state index contributed by atoms with van der Waals surface area (Å²) in [5.41, 5.74) is 0.705. The van der Waals surface area contributed by atoms with Crippen molar-refractivity contribution in [3.05, 3.63) is 12.2 Å². The minimum Gasteiger partial charge on any atom is -0.462 e. The average molecular weight is 727 g/mol. The van der Waals surface area contributed by atoms with E-state index < -0.39 is 11.7 Å². The van der Waals surface area contributed by atoms with Crippen molar-refractivity contribution in [2.45, 2.75) is 240 Å². The Morgan fingerprint density at radius 1 is 0.750 bits per heavy atom. The van der Waals surface area contributed by atoms with Crippen molar-refractivity contribution < 1.29 is 19.7 Å². The van der Waals surface area contributed by atoms with Crippen LogP contribution in [-0.2, 0) is 9.53 Å². The standard InChI is InChI=1S/C48H86O4/c1-10-11-12-13-14-15-16-17-18-19-20-21-22-23-24-25-43(50)52-42-31-32-45(6)40(44(42,4)5)30-34-47(8)41(45)27-26-37-38(28-33-46(37,47)7)48(9,51)35-29-39(49)36(2)3/h37-42,49,51H,2,10-35H2,1,3-9H3/t37-,38+,39-,40+,41-,42+,45+,46-,47-,48+/m1/s1. The summed E-state index contributed by atoms with van der Waals surface area (Å²) in [7, 11) is 0. The van der Waals surface area contributed by atoms with E-state index in [0.29, 0.717) is 37.0 Å². The second-order valence-corrected chi connectivity index (χ2v) is 20.6. The van der Waals surface area contributed by atoms with Gasteiger partial charge >= 0.3 is 5.97 Å². The van der Waals surface area contributed by atoms with Crippen LogP contribution in [0.15, 0.2) is 12.2 Å². The van der Waals surface area contributed by atoms with Crippen molar-refractivity contribution in [2.75, 3.05) is 0 Å². The van der Waals surface area contributed by atoms with Crippen molar-refractivity contribution in [2.24, 2.45) is 45.3 Å². The van der Waals surface area contributed by atoms with E-state index in [4.69, 9.17) is 4.74 Å². The highest BCUT2D eigenvalue weighted by Crippen LogP contribution is 2.76. The zero-order valence-electron chi connectivity index (χ0n) is 35.8. The maximum atomic E-state index is 13.2. The van der Waals surface area contributed by atoms with Gasteiger partial charge in [0.25, 0.3) is 0 Å². The Morgan fingerprint density at radius 2 is 1.29 bits per heavy atom. The summed E-state index contributed by atoms with van der Waals surface area (Å²) in [6, 6.07) is 0. The van der Waals surface area contributed by atoms with Gasteiger partial charge in [0.1, 0.15) is 6.10 Å². The molecule has 0 aromatic carbocycles. The SMILES string of the molecule is C=C(C)[C@H](O)CC[C@](C)(O)[C@H]1CC[C@]2(C)[C@@H]1CC[C@@H]1[C@@]3(C)CC[C@H](OC(=O)CCCCCCCCCCCCCCCCC)C(C)(C)[C@@H]3CC[C@]12C. The Hall–Kier alpha value is -0.870. The fourth-order valence-electron chi connectivity index (χ4n) is 13.4. The molecule has 0 aromatic heterocycles. The van der Waals surface area contributed by atoms with Crippen molar-refractivity contribution in [1.82, 2.24) is 0 Å². The van der Waals surface area contributed by atoms with Crippen molar-refractivity contribution in [1.29, 1.82) is 0 Å². The van der Waals surface area contributed by atoms with Crippen LogP contribution in [0.25, 0.3) is 0 Å². The normalized spacial score (nSPS) is 35.5. The van der Waals surface area contributed by atoms with E-state index in [1.165, 1.54) is 116 Å². The van der Waals surface area contributed by atoms with E-state index in [1.54, 1.807) is 0 Å². The van der Waals surface area contributed by atoms with Crippen molar-refractivity contribution in [3.63, 3.8) is 0 Å². The number of hydrogen-bond donors (Lipinski definition) is 2. The van der Waals surface area contributed by atoms with E-state index in [0.717, 1.165) is 37.7 Å². The first-order valence-corrected chi connectivity index (χ1v) is 22.8. The molecular formula is C48H86O4. The number of unbranched alkanes of at least 4 members (excludes halogenated alkanes) is 14. The molecule has 0 saturated heterocycles. The molecule has 0 aromatic rings. The summed E-state index contributed by atoms with van der Waals surface area (Å²) in [6.45, 7) is 22.8. The van der Waals surface area contributed by atoms with E-state index in [9.17, 15) is 15.0 Å². The highest BCUT2D eigenvalue weighted by atomic mass is 16.5. The second kappa shape index (κ2) is 18.8. The zero-order chi connectivity index (χ0) is 38.2. The minimum absolute atomic E-state index is 0.0196. The van der Waals surface area contributed by atoms with Gasteiger partial charge in [0.2, 0.25) is 0 Å². The number of aliphatic hydroxyl groups excluding tert-OH is 1. The van der Waals surface area contributed by atoms with E-state index in [2.05, 4.69) is 48.1 Å². The van der Waals surface area contributed by atoms with E-state index >= 15 is 0 Å². The molecule has 0 aliphatic heterocycles.